The van der Waals surface area contributed by atoms with Gasteiger partial charge in [-0.2, -0.15) is 0 Å². The molecule has 0 aromatic carbocycles. The fraction of sp³-hybridized carbons (Fsp3) is 0.667. The van der Waals surface area contributed by atoms with Crippen LogP contribution in [0.5, 0.6) is 0 Å². The van der Waals surface area contributed by atoms with Crippen LogP contribution in [0.2, 0.25) is 0 Å². The molecule has 0 unspecified atom stereocenters. The van der Waals surface area contributed by atoms with Crippen LogP contribution in [-0.2, 0) is 16.4 Å². The third-order valence-corrected chi connectivity index (χ3v) is 5.35. The summed E-state index contributed by atoms with van der Waals surface area (Å²) in [6, 6.07) is 3.56. The molecule has 0 bridgehead atoms. The van der Waals surface area contributed by atoms with Gasteiger partial charge in [-0.3, -0.25) is 0 Å². The van der Waals surface area contributed by atoms with Crippen molar-refractivity contribution in [2.24, 2.45) is 5.41 Å². The quantitative estimate of drug-likeness (QED) is 0.840. The van der Waals surface area contributed by atoms with E-state index in [1.807, 2.05) is 33.9 Å². The van der Waals surface area contributed by atoms with Crippen molar-refractivity contribution in [2.75, 3.05) is 20.1 Å². The normalized spacial score (nSPS) is 12.9. The SMILES string of the molecule is CNCCc1ccc(S(=O)(=O)NCC(C)(C)C)s1. The summed E-state index contributed by atoms with van der Waals surface area (Å²) in [6.45, 7) is 7.31. The molecule has 2 N–H and O–H groups in total. The zero-order chi connectivity index (χ0) is 13.8. The summed E-state index contributed by atoms with van der Waals surface area (Å²) < 4.78 is 27.2. The maximum Gasteiger partial charge on any atom is 0.250 e. The van der Waals surface area contributed by atoms with Gasteiger partial charge in [0.1, 0.15) is 4.21 Å². The summed E-state index contributed by atoms with van der Waals surface area (Å²) in [4.78, 5) is 1.08. The highest BCUT2D eigenvalue weighted by atomic mass is 32.2. The molecule has 0 saturated heterocycles. The minimum absolute atomic E-state index is 0.0563. The van der Waals surface area contributed by atoms with Gasteiger partial charge in [0.05, 0.1) is 0 Å². The molecule has 0 spiro atoms. The van der Waals surface area contributed by atoms with E-state index in [4.69, 9.17) is 0 Å². The van der Waals surface area contributed by atoms with E-state index in [0.29, 0.717) is 10.8 Å². The Balaban J connectivity index is 2.70. The molecule has 6 heteroatoms. The Bertz CT molecular complexity index is 473. The molecule has 0 aliphatic carbocycles. The standard InChI is InChI=1S/C12H22N2O2S2/c1-12(2,3)9-14-18(15,16)11-6-5-10(17-11)7-8-13-4/h5-6,13-14H,7-9H2,1-4H3. The van der Waals surface area contributed by atoms with Crippen molar-refractivity contribution < 1.29 is 8.42 Å². The van der Waals surface area contributed by atoms with Crippen LogP contribution >= 0.6 is 11.3 Å². The number of thiophene rings is 1. The molecule has 0 fully saturated rings. The molecule has 1 aromatic rings. The van der Waals surface area contributed by atoms with Crippen LogP contribution in [0.4, 0.5) is 0 Å². The lowest BCUT2D eigenvalue weighted by Crippen LogP contribution is -2.31. The summed E-state index contributed by atoms with van der Waals surface area (Å²) >= 11 is 1.34. The summed E-state index contributed by atoms with van der Waals surface area (Å²) in [7, 11) is -1.46. The highest BCUT2D eigenvalue weighted by Gasteiger charge is 2.20. The van der Waals surface area contributed by atoms with Crippen molar-refractivity contribution in [1.82, 2.24) is 10.0 Å². The smallest absolute Gasteiger partial charge is 0.250 e. The lowest BCUT2D eigenvalue weighted by atomic mass is 9.98. The van der Waals surface area contributed by atoms with E-state index in [0.717, 1.165) is 17.8 Å². The van der Waals surface area contributed by atoms with Crippen LogP contribution in [0.3, 0.4) is 0 Å². The van der Waals surface area contributed by atoms with E-state index < -0.39 is 10.0 Å². The summed E-state index contributed by atoms with van der Waals surface area (Å²) in [5.74, 6) is 0. The summed E-state index contributed by atoms with van der Waals surface area (Å²) in [5, 5.41) is 3.05. The average molecular weight is 290 g/mol. The molecule has 1 aromatic heterocycles. The maximum atomic E-state index is 12.0. The van der Waals surface area contributed by atoms with Crippen molar-refractivity contribution in [1.29, 1.82) is 0 Å². The molecule has 4 nitrogen and oxygen atoms in total. The fourth-order valence-corrected chi connectivity index (χ4v) is 3.95. The van der Waals surface area contributed by atoms with Gasteiger partial charge in [-0.05, 0) is 37.6 Å². The second-order valence-electron chi connectivity index (χ2n) is 5.46. The molecule has 1 heterocycles. The Morgan fingerprint density at radius 2 is 1.94 bits per heavy atom. The van der Waals surface area contributed by atoms with Crippen LogP contribution in [-0.4, -0.2) is 28.6 Å². The predicted molar refractivity (Wildman–Crippen MR) is 76.6 cm³/mol. The first-order chi connectivity index (χ1) is 8.24. The largest absolute Gasteiger partial charge is 0.319 e. The first kappa shape index (κ1) is 15.6. The first-order valence-corrected chi connectivity index (χ1v) is 8.27. The Kier molecular flexibility index (Phi) is 5.33. The van der Waals surface area contributed by atoms with Gasteiger partial charge in [0, 0.05) is 11.4 Å². The summed E-state index contributed by atoms with van der Waals surface area (Å²) in [6.07, 6.45) is 0.857. The number of likely N-dealkylation sites (N-methyl/N-ethyl adjacent to an activating group) is 1. The van der Waals surface area contributed by atoms with Gasteiger partial charge in [0.25, 0.3) is 0 Å². The van der Waals surface area contributed by atoms with Gasteiger partial charge in [-0.15, -0.1) is 11.3 Å². The number of rotatable bonds is 6. The third-order valence-electron chi connectivity index (χ3n) is 2.32. The number of sulfonamides is 1. The van der Waals surface area contributed by atoms with E-state index >= 15 is 0 Å². The molecule has 18 heavy (non-hydrogen) atoms. The molecule has 0 atom stereocenters. The predicted octanol–water partition coefficient (Wildman–Crippen LogP) is 1.83. The van der Waals surface area contributed by atoms with Crippen molar-refractivity contribution >= 4 is 21.4 Å². The van der Waals surface area contributed by atoms with E-state index in [1.54, 1.807) is 6.07 Å². The van der Waals surface area contributed by atoms with Gasteiger partial charge < -0.3 is 5.32 Å². The Labute approximate surface area is 114 Å². The minimum Gasteiger partial charge on any atom is -0.319 e. The van der Waals surface area contributed by atoms with Crippen molar-refractivity contribution in [3.8, 4) is 0 Å². The molecule has 1 rings (SSSR count). The van der Waals surface area contributed by atoms with E-state index in [-0.39, 0.29) is 5.41 Å². The number of hydrogen-bond donors (Lipinski definition) is 2. The van der Waals surface area contributed by atoms with Gasteiger partial charge in [0.2, 0.25) is 10.0 Å². The monoisotopic (exact) mass is 290 g/mol. The van der Waals surface area contributed by atoms with Crippen LogP contribution in [0, 0.1) is 5.41 Å². The maximum absolute atomic E-state index is 12.0. The summed E-state index contributed by atoms with van der Waals surface area (Å²) in [5.41, 5.74) is -0.0563. The van der Waals surface area contributed by atoms with E-state index in [9.17, 15) is 8.42 Å². The number of hydrogen-bond acceptors (Lipinski definition) is 4. The van der Waals surface area contributed by atoms with Crippen LogP contribution in [0.15, 0.2) is 16.3 Å². The third kappa shape index (κ3) is 5.06. The fourth-order valence-electron chi connectivity index (χ4n) is 1.27. The highest BCUT2D eigenvalue weighted by molar-refractivity contribution is 7.91. The van der Waals surface area contributed by atoms with Gasteiger partial charge in [-0.25, -0.2) is 13.1 Å². The lowest BCUT2D eigenvalue weighted by Gasteiger charge is -2.18. The number of nitrogens with one attached hydrogen (secondary N) is 2. The van der Waals surface area contributed by atoms with E-state index in [2.05, 4.69) is 10.0 Å². The van der Waals surface area contributed by atoms with Gasteiger partial charge >= 0.3 is 0 Å². The van der Waals surface area contributed by atoms with Gasteiger partial charge in [0.15, 0.2) is 0 Å². The van der Waals surface area contributed by atoms with Crippen molar-refractivity contribution in [3.63, 3.8) is 0 Å². The zero-order valence-electron chi connectivity index (χ0n) is 11.4. The Hall–Kier alpha value is -0.430. The first-order valence-electron chi connectivity index (χ1n) is 5.97. The van der Waals surface area contributed by atoms with Crippen LogP contribution in [0.1, 0.15) is 25.6 Å². The van der Waals surface area contributed by atoms with Gasteiger partial charge in [-0.1, -0.05) is 20.8 Å². The molecular formula is C12H22N2O2S2. The molecule has 0 aliphatic heterocycles. The van der Waals surface area contributed by atoms with Crippen LogP contribution in [0.25, 0.3) is 0 Å². The molecule has 104 valence electrons. The van der Waals surface area contributed by atoms with E-state index in [1.165, 1.54) is 11.3 Å². The Morgan fingerprint density at radius 3 is 2.50 bits per heavy atom. The van der Waals surface area contributed by atoms with Crippen molar-refractivity contribution in [3.05, 3.63) is 17.0 Å². The Morgan fingerprint density at radius 1 is 1.28 bits per heavy atom. The second-order valence-corrected chi connectivity index (χ2v) is 8.62. The minimum atomic E-state index is -3.35. The zero-order valence-corrected chi connectivity index (χ0v) is 13.0. The molecule has 0 saturated carbocycles. The second kappa shape index (κ2) is 6.14. The molecule has 0 aliphatic rings. The van der Waals surface area contributed by atoms with Crippen molar-refractivity contribution in [2.45, 2.75) is 31.4 Å². The average Bonchev–Trinajstić information content (AvgIpc) is 2.72. The van der Waals surface area contributed by atoms with Crippen LogP contribution < -0.4 is 10.0 Å². The lowest BCUT2D eigenvalue weighted by molar-refractivity contribution is 0.408. The molecule has 0 radical (unpaired) electrons. The molecular weight excluding hydrogens is 268 g/mol. The molecule has 0 amide bonds. The topological polar surface area (TPSA) is 58.2 Å². The highest BCUT2D eigenvalue weighted by Crippen LogP contribution is 2.22.